The Hall–Kier alpha value is -2.14. The third-order valence-electron chi connectivity index (χ3n) is 3.20. The maximum atomic E-state index is 13.5. The van der Waals surface area contributed by atoms with Crippen molar-refractivity contribution in [2.24, 2.45) is 5.73 Å². The van der Waals surface area contributed by atoms with Crippen LogP contribution in [0.4, 0.5) is 4.39 Å². The van der Waals surface area contributed by atoms with Crippen LogP contribution in [-0.2, 0) is 11.3 Å². The van der Waals surface area contributed by atoms with Gasteiger partial charge in [0.15, 0.2) is 0 Å². The molecule has 5 heteroatoms. The van der Waals surface area contributed by atoms with Gasteiger partial charge in [-0.05, 0) is 37.6 Å². The summed E-state index contributed by atoms with van der Waals surface area (Å²) in [6, 6.07) is 8.01. The van der Waals surface area contributed by atoms with Gasteiger partial charge in [-0.2, -0.15) is 0 Å². The first-order chi connectivity index (χ1) is 9.49. The minimum Gasteiger partial charge on any atom is -0.460 e. The Labute approximate surface area is 116 Å². The molecule has 2 aromatic rings. The van der Waals surface area contributed by atoms with Gasteiger partial charge < -0.3 is 10.2 Å². The summed E-state index contributed by atoms with van der Waals surface area (Å²) in [6.45, 7) is 3.78. The molecule has 3 N–H and O–H groups in total. The lowest BCUT2D eigenvalue weighted by Crippen LogP contribution is -2.38. The molecule has 1 heterocycles. The van der Waals surface area contributed by atoms with E-state index in [1.807, 2.05) is 0 Å². The third-order valence-corrected chi connectivity index (χ3v) is 3.20. The van der Waals surface area contributed by atoms with Crippen LogP contribution in [0.1, 0.15) is 18.2 Å². The van der Waals surface area contributed by atoms with Crippen molar-refractivity contribution in [2.45, 2.75) is 26.4 Å². The zero-order valence-corrected chi connectivity index (χ0v) is 11.4. The van der Waals surface area contributed by atoms with Crippen molar-refractivity contribution in [3.8, 4) is 11.3 Å². The van der Waals surface area contributed by atoms with E-state index in [2.05, 4.69) is 5.32 Å². The Bertz CT molecular complexity index is 622. The number of nitrogens with two attached hydrogens (primary N) is 1. The summed E-state index contributed by atoms with van der Waals surface area (Å²) in [4.78, 5) is 10.9. The minimum absolute atomic E-state index is 0.263. The van der Waals surface area contributed by atoms with Crippen LogP contribution in [0, 0.1) is 12.7 Å². The summed E-state index contributed by atoms with van der Waals surface area (Å²) >= 11 is 0. The highest BCUT2D eigenvalue weighted by Gasteiger charge is 2.12. The van der Waals surface area contributed by atoms with E-state index >= 15 is 0 Å². The third kappa shape index (κ3) is 3.05. The molecule has 0 spiro atoms. The number of halogens is 1. The maximum absolute atomic E-state index is 13.5. The Morgan fingerprint density at radius 3 is 2.85 bits per heavy atom. The molecule has 0 unspecified atom stereocenters. The summed E-state index contributed by atoms with van der Waals surface area (Å²) in [6.07, 6.45) is 0. The standard InChI is InChI=1S/C15H17FN2O2/c1-9-12(4-3-5-13(9)16)14-7-6-11(20-14)8-18-10(2)15(17)19/h3-7,10,18H,8H2,1-2H3,(H2,17,19)/t10-/m1/s1. The second-order valence-electron chi connectivity index (χ2n) is 4.68. The lowest BCUT2D eigenvalue weighted by Gasteiger charge is -2.08. The van der Waals surface area contributed by atoms with Gasteiger partial charge in [0.2, 0.25) is 5.91 Å². The van der Waals surface area contributed by atoms with Crippen LogP contribution in [0.25, 0.3) is 11.3 Å². The van der Waals surface area contributed by atoms with E-state index in [4.69, 9.17) is 10.2 Å². The van der Waals surface area contributed by atoms with E-state index in [1.165, 1.54) is 6.07 Å². The van der Waals surface area contributed by atoms with Gasteiger partial charge in [-0.25, -0.2) is 4.39 Å². The largest absolute Gasteiger partial charge is 0.460 e. The number of hydrogen-bond acceptors (Lipinski definition) is 3. The molecule has 1 amide bonds. The van der Waals surface area contributed by atoms with Crippen LogP contribution in [0.5, 0.6) is 0 Å². The number of hydrogen-bond donors (Lipinski definition) is 2. The number of benzene rings is 1. The minimum atomic E-state index is -0.431. The first kappa shape index (κ1) is 14.3. The molecule has 0 fully saturated rings. The molecule has 0 aliphatic rings. The Morgan fingerprint density at radius 2 is 2.15 bits per heavy atom. The summed E-state index contributed by atoms with van der Waals surface area (Å²) in [5, 5.41) is 2.95. The van der Waals surface area contributed by atoms with E-state index in [1.54, 1.807) is 38.1 Å². The van der Waals surface area contributed by atoms with Gasteiger partial charge in [0, 0.05) is 5.56 Å². The topological polar surface area (TPSA) is 68.3 Å². The monoisotopic (exact) mass is 276 g/mol. The fourth-order valence-electron chi connectivity index (χ4n) is 1.85. The highest BCUT2D eigenvalue weighted by Crippen LogP contribution is 2.26. The van der Waals surface area contributed by atoms with E-state index in [9.17, 15) is 9.18 Å². The Morgan fingerprint density at radius 1 is 1.40 bits per heavy atom. The summed E-state index contributed by atoms with van der Waals surface area (Å²) < 4.78 is 19.2. The van der Waals surface area contributed by atoms with Crippen LogP contribution >= 0.6 is 0 Å². The van der Waals surface area contributed by atoms with Crippen molar-refractivity contribution >= 4 is 5.91 Å². The van der Waals surface area contributed by atoms with Crippen molar-refractivity contribution in [1.82, 2.24) is 5.32 Å². The normalized spacial score (nSPS) is 12.3. The predicted octanol–water partition coefficient (Wildman–Crippen LogP) is 2.36. The number of carbonyl (C=O) groups excluding carboxylic acids is 1. The summed E-state index contributed by atoms with van der Waals surface area (Å²) in [5.41, 5.74) is 6.43. The lowest BCUT2D eigenvalue weighted by atomic mass is 10.1. The molecule has 4 nitrogen and oxygen atoms in total. The van der Waals surface area contributed by atoms with Crippen molar-refractivity contribution in [3.05, 3.63) is 47.5 Å². The predicted molar refractivity (Wildman–Crippen MR) is 74.3 cm³/mol. The molecular formula is C15H17FN2O2. The van der Waals surface area contributed by atoms with Gasteiger partial charge in [-0.15, -0.1) is 0 Å². The molecular weight excluding hydrogens is 259 g/mol. The number of amides is 1. The van der Waals surface area contributed by atoms with Crippen molar-refractivity contribution < 1.29 is 13.6 Å². The summed E-state index contributed by atoms with van der Waals surface area (Å²) in [7, 11) is 0. The van der Waals surface area contributed by atoms with Gasteiger partial charge in [0.1, 0.15) is 17.3 Å². The van der Waals surface area contributed by atoms with Gasteiger partial charge in [-0.3, -0.25) is 10.1 Å². The average molecular weight is 276 g/mol. The number of nitrogens with one attached hydrogen (secondary N) is 1. The maximum Gasteiger partial charge on any atom is 0.234 e. The molecule has 1 aromatic carbocycles. The van der Waals surface area contributed by atoms with E-state index in [0.29, 0.717) is 23.6 Å². The Balaban J connectivity index is 2.13. The smallest absolute Gasteiger partial charge is 0.234 e. The molecule has 1 aromatic heterocycles. The zero-order valence-electron chi connectivity index (χ0n) is 11.4. The van der Waals surface area contributed by atoms with Crippen molar-refractivity contribution in [1.29, 1.82) is 0 Å². The van der Waals surface area contributed by atoms with E-state index in [0.717, 1.165) is 5.56 Å². The highest BCUT2D eigenvalue weighted by atomic mass is 19.1. The molecule has 0 aliphatic heterocycles. The van der Waals surface area contributed by atoms with E-state index < -0.39 is 11.9 Å². The zero-order chi connectivity index (χ0) is 14.7. The highest BCUT2D eigenvalue weighted by molar-refractivity contribution is 5.79. The fourth-order valence-corrected chi connectivity index (χ4v) is 1.85. The first-order valence-electron chi connectivity index (χ1n) is 6.36. The molecule has 2 rings (SSSR count). The van der Waals surface area contributed by atoms with Gasteiger partial charge in [-0.1, -0.05) is 12.1 Å². The Kier molecular flexibility index (Phi) is 4.20. The molecule has 0 bridgehead atoms. The van der Waals surface area contributed by atoms with Crippen molar-refractivity contribution in [3.63, 3.8) is 0 Å². The van der Waals surface area contributed by atoms with Crippen LogP contribution in [0.3, 0.4) is 0 Å². The van der Waals surface area contributed by atoms with Gasteiger partial charge in [0.25, 0.3) is 0 Å². The fraction of sp³-hybridized carbons (Fsp3) is 0.267. The van der Waals surface area contributed by atoms with Crippen molar-refractivity contribution in [2.75, 3.05) is 0 Å². The first-order valence-corrected chi connectivity index (χ1v) is 6.36. The molecule has 0 saturated heterocycles. The van der Waals surface area contributed by atoms with Crippen LogP contribution < -0.4 is 11.1 Å². The summed E-state index contributed by atoms with van der Waals surface area (Å²) in [5.74, 6) is 0.584. The lowest BCUT2D eigenvalue weighted by molar-refractivity contribution is -0.119. The molecule has 0 saturated carbocycles. The van der Waals surface area contributed by atoms with Crippen LogP contribution in [0.2, 0.25) is 0 Å². The molecule has 0 radical (unpaired) electrons. The van der Waals surface area contributed by atoms with Crippen LogP contribution in [0.15, 0.2) is 34.7 Å². The molecule has 20 heavy (non-hydrogen) atoms. The van der Waals surface area contributed by atoms with Gasteiger partial charge in [0.05, 0.1) is 12.6 Å². The SMILES string of the molecule is Cc1c(F)cccc1-c1ccc(CN[C@H](C)C(N)=O)o1. The van der Waals surface area contributed by atoms with Gasteiger partial charge >= 0.3 is 0 Å². The van der Waals surface area contributed by atoms with E-state index in [-0.39, 0.29) is 5.82 Å². The average Bonchev–Trinajstić information content (AvgIpc) is 2.87. The number of furan rings is 1. The second kappa shape index (κ2) is 5.88. The number of rotatable bonds is 5. The molecule has 1 atom stereocenters. The quantitative estimate of drug-likeness (QED) is 0.880. The van der Waals surface area contributed by atoms with Crippen LogP contribution in [-0.4, -0.2) is 11.9 Å². The molecule has 0 aliphatic carbocycles. The number of carbonyl (C=O) groups is 1. The second-order valence-corrected chi connectivity index (χ2v) is 4.68. The number of primary amides is 1. The molecule has 106 valence electrons.